The second kappa shape index (κ2) is 12.1. The highest BCUT2D eigenvalue weighted by Crippen LogP contribution is 2.26. The van der Waals surface area contributed by atoms with Crippen molar-refractivity contribution in [3.63, 3.8) is 0 Å². The first kappa shape index (κ1) is 26.5. The SMILES string of the molecule is CCC(CC)NC(=O)c1ccc(NC(=O)c2n[nH]c3ccc(-c4cncc(CN5CCOCC5)c4)cc23)cn1. The van der Waals surface area contributed by atoms with Gasteiger partial charge in [-0.2, -0.15) is 5.10 Å². The summed E-state index contributed by atoms with van der Waals surface area (Å²) in [5.41, 5.74) is 4.87. The molecule has 1 fully saturated rings. The monoisotopic (exact) mass is 527 g/mol. The molecule has 39 heavy (non-hydrogen) atoms. The number of rotatable bonds is 9. The molecule has 10 heteroatoms. The van der Waals surface area contributed by atoms with E-state index >= 15 is 0 Å². The number of fused-ring (bicyclic) bond motifs is 1. The third kappa shape index (κ3) is 6.30. The predicted molar refractivity (Wildman–Crippen MR) is 149 cm³/mol. The molecule has 1 aromatic carbocycles. The third-order valence-corrected chi connectivity index (χ3v) is 6.99. The average Bonchev–Trinajstić information content (AvgIpc) is 3.40. The van der Waals surface area contributed by atoms with Crippen LogP contribution < -0.4 is 10.6 Å². The Balaban J connectivity index is 1.30. The summed E-state index contributed by atoms with van der Waals surface area (Å²) in [6.45, 7) is 8.20. The molecule has 3 aromatic heterocycles. The zero-order valence-corrected chi connectivity index (χ0v) is 22.2. The summed E-state index contributed by atoms with van der Waals surface area (Å²) in [7, 11) is 0. The quantitative estimate of drug-likeness (QED) is 0.300. The fourth-order valence-electron chi connectivity index (χ4n) is 4.66. The van der Waals surface area contributed by atoms with Crippen LogP contribution in [0.3, 0.4) is 0 Å². The van der Waals surface area contributed by atoms with Crippen LogP contribution >= 0.6 is 0 Å². The van der Waals surface area contributed by atoms with E-state index in [-0.39, 0.29) is 23.6 Å². The Morgan fingerprint density at radius 2 is 1.82 bits per heavy atom. The maximum Gasteiger partial charge on any atom is 0.276 e. The van der Waals surface area contributed by atoms with E-state index in [2.05, 4.69) is 41.8 Å². The van der Waals surface area contributed by atoms with Gasteiger partial charge in [0.25, 0.3) is 11.8 Å². The van der Waals surface area contributed by atoms with E-state index in [9.17, 15) is 9.59 Å². The average molecular weight is 528 g/mol. The molecule has 10 nitrogen and oxygen atoms in total. The lowest BCUT2D eigenvalue weighted by Gasteiger charge is -2.26. The van der Waals surface area contributed by atoms with Gasteiger partial charge in [0.2, 0.25) is 0 Å². The molecule has 1 aliphatic heterocycles. The van der Waals surface area contributed by atoms with E-state index in [1.807, 2.05) is 44.4 Å². The third-order valence-electron chi connectivity index (χ3n) is 6.99. The zero-order chi connectivity index (χ0) is 27.2. The van der Waals surface area contributed by atoms with Crippen LogP contribution in [-0.4, -0.2) is 69.2 Å². The van der Waals surface area contributed by atoms with Crippen LogP contribution in [-0.2, 0) is 11.3 Å². The minimum absolute atomic E-state index is 0.111. The molecule has 0 radical (unpaired) electrons. The molecule has 0 unspecified atom stereocenters. The Bertz CT molecular complexity index is 1440. The van der Waals surface area contributed by atoms with Crippen LogP contribution in [0.4, 0.5) is 5.69 Å². The minimum atomic E-state index is -0.367. The number of aromatic amines is 1. The minimum Gasteiger partial charge on any atom is -0.379 e. The molecule has 0 aliphatic carbocycles. The van der Waals surface area contributed by atoms with Gasteiger partial charge in [0.1, 0.15) is 5.69 Å². The van der Waals surface area contributed by atoms with Gasteiger partial charge in [0.05, 0.1) is 30.6 Å². The summed E-state index contributed by atoms with van der Waals surface area (Å²) in [6, 6.07) is 11.4. The van der Waals surface area contributed by atoms with Crippen molar-refractivity contribution in [1.82, 2.24) is 30.4 Å². The highest BCUT2D eigenvalue weighted by atomic mass is 16.5. The van der Waals surface area contributed by atoms with E-state index < -0.39 is 0 Å². The molecule has 0 bridgehead atoms. The van der Waals surface area contributed by atoms with Crippen molar-refractivity contribution in [3.05, 3.63) is 71.9 Å². The van der Waals surface area contributed by atoms with Crippen molar-refractivity contribution < 1.29 is 14.3 Å². The lowest BCUT2D eigenvalue weighted by atomic mass is 10.0. The Morgan fingerprint density at radius 1 is 1.00 bits per heavy atom. The molecular formula is C29H33N7O3. The molecule has 4 aromatic rings. The molecule has 3 N–H and O–H groups in total. The molecule has 0 saturated carbocycles. The summed E-state index contributed by atoms with van der Waals surface area (Å²) < 4.78 is 5.45. The number of carbonyl (C=O) groups is 2. The van der Waals surface area contributed by atoms with Gasteiger partial charge in [-0.1, -0.05) is 19.9 Å². The number of benzene rings is 1. The number of ether oxygens (including phenoxy) is 1. The lowest BCUT2D eigenvalue weighted by molar-refractivity contribution is 0.0341. The van der Waals surface area contributed by atoms with E-state index in [4.69, 9.17) is 4.74 Å². The van der Waals surface area contributed by atoms with Crippen molar-refractivity contribution >= 4 is 28.4 Å². The van der Waals surface area contributed by atoms with Gasteiger partial charge in [0, 0.05) is 49.0 Å². The number of aromatic nitrogens is 4. The Hall–Kier alpha value is -4.15. The zero-order valence-electron chi connectivity index (χ0n) is 22.2. The second-order valence-electron chi connectivity index (χ2n) is 9.68. The number of amides is 2. The van der Waals surface area contributed by atoms with Gasteiger partial charge in [-0.25, -0.2) is 4.98 Å². The molecule has 2 amide bonds. The first-order valence-corrected chi connectivity index (χ1v) is 13.3. The largest absolute Gasteiger partial charge is 0.379 e. The molecule has 1 aliphatic rings. The maximum absolute atomic E-state index is 13.1. The van der Waals surface area contributed by atoms with Crippen molar-refractivity contribution in [2.45, 2.75) is 39.3 Å². The number of nitrogens with one attached hydrogen (secondary N) is 3. The van der Waals surface area contributed by atoms with Crippen molar-refractivity contribution in [3.8, 4) is 11.1 Å². The van der Waals surface area contributed by atoms with E-state index in [0.717, 1.165) is 67.9 Å². The number of hydrogen-bond acceptors (Lipinski definition) is 7. The molecule has 1 saturated heterocycles. The van der Waals surface area contributed by atoms with Crippen LogP contribution in [0.5, 0.6) is 0 Å². The normalized spacial score (nSPS) is 14.0. The van der Waals surface area contributed by atoms with Gasteiger partial charge >= 0.3 is 0 Å². The molecule has 0 spiro atoms. The topological polar surface area (TPSA) is 125 Å². The summed E-state index contributed by atoms with van der Waals surface area (Å²) in [5, 5.41) is 13.7. The van der Waals surface area contributed by atoms with Crippen LogP contribution in [0, 0.1) is 0 Å². The molecule has 5 rings (SSSR count). The predicted octanol–water partition coefficient (Wildman–Crippen LogP) is 4.02. The second-order valence-corrected chi connectivity index (χ2v) is 9.68. The number of carbonyl (C=O) groups excluding carboxylic acids is 2. The number of H-pyrrole nitrogens is 1. The summed E-state index contributed by atoms with van der Waals surface area (Å²) in [6.07, 6.45) is 6.91. The van der Waals surface area contributed by atoms with E-state index in [1.165, 1.54) is 6.20 Å². The van der Waals surface area contributed by atoms with Crippen molar-refractivity contribution in [2.75, 3.05) is 31.6 Å². The lowest BCUT2D eigenvalue weighted by Crippen LogP contribution is -2.35. The van der Waals surface area contributed by atoms with Gasteiger partial charge in [-0.3, -0.25) is 24.6 Å². The number of pyridine rings is 2. The first-order valence-electron chi connectivity index (χ1n) is 13.3. The standard InChI is InChI=1S/C29H33N7O3/c1-3-22(4-2)32-28(37)26-8-6-23(17-31-26)33-29(38)27-24-14-20(5-7-25(24)34-35-27)21-13-19(15-30-16-21)18-36-9-11-39-12-10-36/h5-8,13-17,22H,3-4,9-12,18H2,1-2H3,(H,32,37)(H,33,38)(H,34,35). The van der Waals surface area contributed by atoms with E-state index in [1.54, 1.807) is 12.1 Å². The Kier molecular flexibility index (Phi) is 8.24. The summed E-state index contributed by atoms with van der Waals surface area (Å²) in [4.78, 5) is 36.6. The van der Waals surface area contributed by atoms with Crippen molar-refractivity contribution in [2.24, 2.45) is 0 Å². The van der Waals surface area contributed by atoms with Crippen LogP contribution in [0.15, 0.2) is 55.0 Å². The summed E-state index contributed by atoms with van der Waals surface area (Å²) in [5.74, 6) is -0.593. The Morgan fingerprint density at radius 3 is 2.56 bits per heavy atom. The fraction of sp³-hybridized carbons (Fsp3) is 0.345. The molecule has 0 atom stereocenters. The van der Waals surface area contributed by atoms with Crippen LogP contribution in [0.25, 0.3) is 22.0 Å². The fourth-order valence-corrected chi connectivity index (χ4v) is 4.66. The molecule has 4 heterocycles. The number of nitrogens with zero attached hydrogens (tertiary/aromatic N) is 4. The molecule has 202 valence electrons. The van der Waals surface area contributed by atoms with Gasteiger partial charge in [-0.15, -0.1) is 0 Å². The highest BCUT2D eigenvalue weighted by Gasteiger charge is 2.17. The Labute approximate surface area is 227 Å². The van der Waals surface area contributed by atoms with Gasteiger partial charge in [-0.05, 0) is 54.3 Å². The van der Waals surface area contributed by atoms with E-state index in [0.29, 0.717) is 16.8 Å². The van der Waals surface area contributed by atoms with Crippen molar-refractivity contribution in [1.29, 1.82) is 0 Å². The number of morpholine rings is 1. The highest BCUT2D eigenvalue weighted by molar-refractivity contribution is 6.11. The smallest absolute Gasteiger partial charge is 0.276 e. The van der Waals surface area contributed by atoms with Crippen LogP contribution in [0.1, 0.15) is 53.2 Å². The number of anilines is 1. The summed E-state index contributed by atoms with van der Waals surface area (Å²) >= 11 is 0. The van der Waals surface area contributed by atoms with Gasteiger partial charge < -0.3 is 15.4 Å². The number of hydrogen-bond donors (Lipinski definition) is 3. The first-order chi connectivity index (χ1) is 19.0. The molecular weight excluding hydrogens is 494 g/mol. The maximum atomic E-state index is 13.1. The van der Waals surface area contributed by atoms with Gasteiger partial charge in [0.15, 0.2) is 5.69 Å². The van der Waals surface area contributed by atoms with Crippen LogP contribution in [0.2, 0.25) is 0 Å².